The Balaban J connectivity index is 2.53. The van der Waals surface area contributed by atoms with Crippen molar-refractivity contribution in [3.8, 4) is 5.75 Å². The summed E-state index contributed by atoms with van der Waals surface area (Å²) in [7, 11) is 1.64. The van der Waals surface area contributed by atoms with Gasteiger partial charge in [-0.25, -0.2) is 0 Å². The number of methoxy groups -OCH3 is 1. The molecule has 4 nitrogen and oxygen atoms in total. The van der Waals surface area contributed by atoms with Gasteiger partial charge < -0.3 is 15.4 Å². The fourth-order valence-electron chi connectivity index (χ4n) is 1.79. The van der Waals surface area contributed by atoms with Gasteiger partial charge in [0.15, 0.2) is 0 Å². The number of hydrogen-bond acceptors (Lipinski definition) is 3. The Morgan fingerprint density at radius 3 is 2.42 bits per heavy atom. The van der Waals surface area contributed by atoms with Crippen LogP contribution in [0.3, 0.4) is 0 Å². The summed E-state index contributed by atoms with van der Waals surface area (Å²) in [5.74, 6) is 0.868. The molecule has 0 aromatic heterocycles. The number of benzene rings is 1. The zero-order chi connectivity index (χ0) is 14.3. The number of amides is 1. The van der Waals surface area contributed by atoms with E-state index < -0.39 is 0 Å². The van der Waals surface area contributed by atoms with Crippen LogP contribution in [0.1, 0.15) is 32.4 Å². The van der Waals surface area contributed by atoms with E-state index in [0.717, 1.165) is 17.9 Å². The van der Waals surface area contributed by atoms with Gasteiger partial charge in [0.05, 0.1) is 13.2 Å². The van der Waals surface area contributed by atoms with Crippen LogP contribution in [0.2, 0.25) is 0 Å². The Hall–Kier alpha value is -1.55. The van der Waals surface area contributed by atoms with E-state index in [-0.39, 0.29) is 17.9 Å². The van der Waals surface area contributed by atoms with Crippen LogP contribution >= 0.6 is 0 Å². The lowest BCUT2D eigenvalue weighted by atomic mass is 10.1. The normalized spacial score (nSPS) is 13.7. The van der Waals surface area contributed by atoms with Crippen molar-refractivity contribution < 1.29 is 9.53 Å². The summed E-state index contributed by atoms with van der Waals surface area (Å²) >= 11 is 0. The quantitative estimate of drug-likeness (QED) is 0.793. The minimum absolute atomic E-state index is 0.00230. The lowest BCUT2D eigenvalue weighted by Gasteiger charge is -2.18. The minimum atomic E-state index is -0.0272. The molecule has 0 radical (unpaired) electrons. The summed E-state index contributed by atoms with van der Waals surface area (Å²) in [5, 5.41) is 6.20. The Labute approximate surface area is 115 Å². The van der Waals surface area contributed by atoms with Crippen LogP contribution in [-0.2, 0) is 4.79 Å². The van der Waals surface area contributed by atoms with Crippen LogP contribution in [0, 0.1) is 5.92 Å². The van der Waals surface area contributed by atoms with Crippen molar-refractivity contribution in [3.05, 3.63) is 29.8 Å². The molecule has 19 heavy (non-hydrogen) atoms. The number of ether oxygens (including phenoxy) is 1. The molecule has 106 valence electrons. The third kappa shape index (κ3) is 4.91. The predicted molar refractivity (Wildman–Crippen MR) is 77.3 cm³/mol. The average Bonchev–Trinajstić information content (AvgIpc) is 2.44. The van der Waals surface area contributed by atoms with E-state index in [1.165, 1.54) is 0 Å². The second-order valence-electron chi connectivity index (χ2n) is 4.71. The fourth-order valence-corrected chi connectivity index (χ4v) is 1.79. The lowest BCUT2D eigenvalue weighted by molar-refractivity contribution is -0.125. The summed E-state index contributed by atoms with van der Waals surface area (Å²) in [6.45, 7) is 7.53. The van der Waals surface area contributed by atoms with Crippen molar-refractivity contribution in [2.24, 2.45) is 5.92 Å². The average molecular weight is 264 g/mol. The number of carbonyl (C=O) groups excluding carboxylic acids is 1. The highest BCUT2D eigenvalue weighted by Crippen LogP contribution is 2.17. The number of carbonyl (C=O) groups is 1. The molecular formula is C15H24N2O2. The highest BCUT2D eigenvalue weighted by Gasteiger charge is 2.15. The summed E-state index contributed by atoms with van der Waals surface area (Å²) < 4.78 is 5.12. The van der Waals surface area contributed by atoms with E-state index in [0.29, 0.717) is 6.54 Å². The first-order chi connectivity index (χ1) is 9.08. The van der Waals surface area contributed by atoms with Gasteiger partial charge in [-0.1, -0.05) is 26.0 Å². The van der Waals surface area contributed by atoms with Gasteiger partial charge in [0.25, 0.3) is 0 Å². The topological polar surface area (TPSA) is 50.4 Å². The van der Waals surface area contributed by atoms with Crippen LogP contribution in [0.5, 0.6) is 5.75 Å². The summed E-state index contributed by atoms with van der Waals surface area (Å²) in [6.07, 6.45) is 0. The molecule has 0 aliphatic rings. The van der Waals surface area contributed by atoms with Crippen LogP contribution < -0.4 is 15.4 Å². The predicted octanol–water partition coefficient (Wildman–Crippen LogP) is 2.12. The molecule has 0 fully saturated rings. The molecule has 2 N–H and O–H groups in total. The molecule has 1 aromatic carbocycles. The number of rotatable bonds is 7. The van der Waals surface area contributed by atoms with Gasteiger partial charge in [-0.05, 0) is 31.2 Å². The highest BCUT2D eigenvalue weighted by atomic mass is 16.5. The molecule has 0 aliphatic heterocycles. The Morgan fingerprint density at radius 2 is 1.89 bits per heavy atom. The summed E-state index contributed by atoms with van der Waals surface area (Å²) in [4.78, 5) is 12.0. The molecule has 1 amide bonds. The van der Waals surface area contributed by atoms with Crippen LogP contribution in [0.15, 0.2) is 24.3 Å². The van der Waals surface area contributed by atoms with Gasteiger partial charge >= 0.3 is 0 Å². The van der Waals surface area contributed by atoms with Gasteiger partial charge in [0, 0.05) is 12.5 Å². The third-order valence-electron chi connectivity index (χ3n) is 3.12. The van der Waals surface area contributed by atoms with E-state index in [2.05, 4.69) is 10.6 Å². The molecule has 0 saturated carbocycles. The molecule has 1 rings (SSSR count). The first-order valence-corrected chi connectivity index (χ1v) is 6.73. The SMILES string of the molecule is CCNCC(C)C(=O)N[C@@H](C)c1ccc(OC)cc1. The minimum Gasteiger partial charge on any atom is -0.497 e. The van der Waals surface area contributed by atoms with E-state index >= 15 is 0 Å². The maximum Gasteiger partial charge on any atom is 0.224 e. The zero-order valence-corrected chi connectivity index (χ0v) is 12.2. The molecule has 0 bridgehead atoms. The van der Waals surface area contributed by atoms with E-state index in [4.69, 9.17) is 4.74 Å². The van der Waals surface area contributed by atoms with Gasteiger partial charge in [-0.15, -0.1) is 0 Å². The van der Waals surface area contributed by atoms with Gasteiger partial charge in [-0.2, -0.15) is 0 Å². The van der Waals surface area contributed by atoms with E-state index in [1.807, 2.05) is 45.0 Å². The van der Waals surface area contributed by atoms with Crippen molar-refractivity contribution >= 4 is 5.91 Å². The largest absolute Gasteiger partial charge is 0.497 e. The third-order valence-corrected chi connectivity index (χ3v) is 3.12. The molecule has 4 heteroatoms. The Morgan fingerprint density at radius 1 is 1.26 bits per heavy atom. The van der Waals surface area contributed by atoms with Gasteiger partial charge in [0.1, 0.15) is 5.75 Å². The molecule has 1 unspecified atom stereocenters. The molecule has 0 heterocycles. The van der Waals surface area contributed by atoms with Crippen LogP contribution in [0.25, 0.3) is 0 Å². The van der Waals surface area contributed by atoms with Gasteiger partial charge in [0.2, 0.25) is 5.91 Å². The van der Waals surface area contributed by atoms with E-state index in [9.17, 15) is 4.79 Å². The molecular weight excluding hydrogens is 240 g/mol. The first-order valence-electron chi connectivity index (χ1n) is 6.73. The zero-order valence-electron chi connectivity index (χ0n) is 12.2. The molecule has 0 spiro atoms. The molecule has 0 aliphatic carbocycles. The van der Waals surface area contributed by atoms with Crippen LogP contribution in [0.4, 0.5) is 0 Å². The van der Waals surface area contributed by atoms with Crippen LogP contribution in [-0.4, -0.2) is 26.1 Å². The standard InChI is InChI=1S/C15H24N2O2/c1-5-16-10-11(2)15(18)17-12(3)13-6-8-14(19-4)9-7-13/h6-9,11-12,16H,5,10H2,1-4H3,(H,17,18)/t11?,12-/m0/s1. The molecule has 1 aromatic rings. The summed E-state index contributed by atoms with van der Waals surface area (Å²) in [5.41, 5.74) is 1.07. The smallest absolute Gasteiger partial charge is 0.224 e. The van der Waals surface area contributed by atoms with Gasteiger partial charge in [-0.3, -0.25) is 4.79 Å². The van der Waals surface area contributed by atoms with Crippen molar-refractivity contribution in [1.82, 2.24) is 10.6 Å². The fraction of sp³-hybridized carbons (Fsp3) is 0.533. The maximum absolute atomic E-state index is 12.0. The van der Waals surface area contributed by atoms with Crippen molar-refractivity contribution in [1.29, 1.82) is 0 Å². The second-order valence-corrected chi connectivity index (χ2v) is 4.71. The van der Waals surface area contributed by atoms with Crippen molar-refractivity contribution in [2.75, 3.05) is 20.2 Å². The first kappa shape index (κ1) is 15.5. The van der Waals surface area contributed by atoms with Crippen molar-refractivity contribution in [3.63, 3.8) is 0 Å². The highest BCUT2D eigenvalue weighted by molar-refractivity contribution is 5.78. The maximum atomic E-state index is 12.0. The van der Waals surface area contributed by atoms with E-state index in [1.54, 1.807) is 7.11 Å². The lowest BCUT2D eigenvalue weighted by Crippen LogP contribution is -2.36. The number of hydrogen-bond donors (Lipinski definition) is 2. The Kier molecular flexibility index (Phi) is 6.36. The Bertz CT molecular complexity index is 390. The summed E-state index contributed by atoms with van der Waals surface area (Å²) in [6, 6.07) is 7.75. The molecule has 0 saturated heterocycles. The molecule has 2 atom stereocenters. The second kappa shape index (κ2) is 7.79. The number of nitrogens with one attached hydrogen (secondary N) is 2. The van der Waals surface area contributed by atoms with Crippen molar-refractivity contribution in [2.45, 2.75) is 26.8 Å². The monoisotopic (exact) mass is 264 g/mol.